The van der Waals surface area contributed by atoms with Gasteiger partial charge >= 0.3 is 23.7 Å². The van der Waals surface area contributed by atoms with Gasteiger partial charge in [0.1, 0.15) is 6.10 Å². The van der Waals surface area contributed by atoms with Gasteiger partial charge < -0.3 is 20.7 Å². The number of rotatable bonds is 18. The molecule has 1 rings (SSSR count). The van der Waals surface area contributed by atoms with Crippen molar-refractivity contribution in [2.45, 2.75) is 110 Å². The van der Waals surface area contributed by atoms with Crippen LogP contribution in [0.4, 0.5) is 5.69 Å². The molecule has 6 nitrogen and oxygen atoms in total. The number of ketones is 1. The van der Waals surface area contributed by atoms with Gasteiger partial charge in [-0.25, -0.2) is 0 Å². The Balaban J connectivity index is 0. The van der Waals surface area contributed by atoms with E-state index in [-0.39, 0.29) is 5.78 Å². The molecule has 1 aromatic rings. The van der Waals surface area contributed by atoms with Crippen molar-refractivity contribution in [3.63, 3.8) is 0 Å². The number of nitrogen functional groups attached to an aromatic ring is 1. The van der Waals surface area contributed by atoms with E-state index in [0.29, 0.717) is 17.7 Å². The first kappa shape index (κ1) is 35.0. The number of hydrogen-bond acceptors (Lipinski definition) is 6. The molecule has 0 spiro atoms. The van der Waals surface area contributed by atoms with E-state index in [2.05, 4.69) is 13.8 Å². The quantitative estimate of drug-likeness (QED) is 0.102. The fourth-order valence-electron chi connectivity index (χ4n) is 3.44. The number of nitrogens with two attached hydrogens (primary N) is 1. The summed E-state index contributed by atoms with van der Waals surface area (Å²) < 4.78 is 8.25. The third-order valence-electron chi connectivity index (χ3n) is 5.53. The van der Waals surface area contributed by atoms with Crippen molar-refractivity contribution in [1.29, 1.82) is 0 Å². The Morgan fingerprint density at radius 1 is 0.853 bits per heavy atom. The Morgan fingerprint density at radius 2 is 1.26 bits per heavy atom. The Morgan fingerprint density at radius 3 is 1.65 bits per heavy atom. The van der Waals surface area contributed by atoms with Crippen molar-refractivity contribution in [1.82, 2.24) is 0 Å². The summed E-state index contributed by atoms with van der Waals surface area (Å²) in [7, 11) is 0. The summed E-state index contributed by atoms with van der Waals surface area (Å²) in [6.07, 6.45) is 17.7. The zero-order chi connectivity index (χ0) is 26.0. The van der Waals surface area contributed by atoms with Gasteiger partial charge in [-0.3, -0.25) is 4.79 Å². The van der Waals surface area contributed by atoms with Crippen LogP contribution in [0.3, 0.4) is 0 Å². The molecule has 1 aromatic carbocycles. The molecule has 0 radical (unpaired) electrons. The van der Waals surface area contributed by atoms with Gasteiger partial charge in [0.25, 0.3) is 0 Å². The van der Waals surface area contributed by atoms with E-state index in [0.717, 1.165) is 39.2 Å². The average molecular weight is 513 g/mol. The Labute approximate surface area is 218 Å². The number of Topliss-reactive ketones (excluding diaryl/α,β-unsaturated/α-hetero) is 1. The molecule has 7 heteroatoms. The van der Waals surface area contributed by atoms with Crippen LogP contribution < -0.4 is 5.73 Å². The van der Waals surface area contributed by atoms with Crippen LogP contribution in [0.5, 0.6) is 0 Å². The van der Waals surface area contributed by atoms with E-state index in [4.69, 9.17) is 19.3 Å². The SMILES string of the molecule is CC(C)CCCCCCCCCCCCCCC(=O)C(O)CO.Nc1ccc([C-]=O)cc1.[O]=[Ti+]. The molecule has 0 amide bonds. The predicted molar refractivity (Wildman–Crippen MR) is 134 cm³/mol. The van der Waals surface area contributed by atoms with Crippen molar-refractivity contribution in [2.24, 2.45) is 5.92 Å². The molecule has 0 aliphatic carbocycles. The van der Waals surface area contributed by atoms with E-state index >= 15 is 0 Å². The van der Waals surface area contributed by atoms with Crippen LogP contribution >= 0.6 is 0 Å². The summed E-state index contributed by atoms with van der Waals surface area (Å²) in [4.78, 5) is 21.3. The van der Waals surface area contributed by atoms with Crippen molar-refractivity contribution in [3.8, 4) is 0 Å². The van der Waals surface area contributed by atoms with Crippen LogP contribution in [0.1, 0.15) is 109 Å². The molecule has 0 heterocycles. The predicted octanol–water partition coefficient (Wildman–Crippen LogP) is 5.63. The van der Waals surface area contributed by atoms with Crippen LogP contribution in [0.15, 0.2) is 24.3 Å². The molecule has 0 saturated carbocycles. The van der Waals surface area contributed by atoms with Crippen LogP contribution in [0.25, 0.3) is 0 Å². The molecule has 193 valence electrons. The molecule has 0 bridgehead atoms. The minimum absolute atomic E-state index is 0.221. The number of hydrogen-bond donors (Lipinski definition) is 3. The molecule has 0 fully saturated rings. The molecule has 1 atom stereocenters. The second kappa shape index (κ2) is 26.4. The first-order chi connectivity index (χ1) is 16.4. The third-order valence-corrected chi connectivity index (χ3v) is 5.53. The number of benzene rings is 1. The number of aliphatic hydroxyl groups is 2. The maximum atomic E-state index is 11.3. The summed E-state index contributed by atoms with van der Waals surface area (Å²) in [5.74, 6) is 0.633. The molecular weight excluding hydrogens is 466 g/mol. The fraction of sp³-hybridized carbons (Fsp3) is 0.704. The first-order valence-electron chi connectivity index (χ1n) is 12.7. The van der Waals surface area contributed by atoms with Crippen LogP contribution in [-0.2, 0) is 33.3 Å². The maximum absolute atomic E-state index is 11.3. The molecule has 0 aromatic heterocycles. The summed E-state index contributed by atoms with van der Waals surface area (Å²) >= 11 is 0.750. The van der Waals surface area contributed by atoms with Crippen LogP contribution in [-0.4, -0.2) is 35.0 Å². The Bertz CT molecular complexity index is 595. The molecule has 4 N–H and O–H groups in total. The normalized spacial score (nSPS) is 11.1. The van der Waals surface area contributed by atoms with E-state index in [9.17, 15) is 9.59 Å². The fourth-order valence-corrected chi connectivity index (χ4v) is 3.44. The van der Waals surface area contributed by atoms with Gasteiger partial charge in [-0.1, -0.05) is 103 Å². The van der Waals surface area contributed by atoms with E-state index < -0.39 is 12.7 Å². The van der Waals surface area contributed by atoms with E-state index in [1.54, 1.807) is 30.6 Å². The van der Waals surface area contributed by atoms with Gasteiger partial charge in [-0.2, -0.15) is 17.7 Å². The summed E-state index contributed by atoms with van der Waals surface area (Å²) in [6.45, 7) is 4.16. The van der Waals surface area contributed by atoms with Gasteiger partial charge in [0.05, 0.1) is 12.9 Å². The van der Waals surface area contributed by atoms with Crippen molar-refractivity contribution in [3.05, 3.63) is 29.8 Å². The number of anilines is 1. The third kappa shape index (κ3) is 23.9. The second-order valence-electron chi connectivity index (χ2n) is 9.06. The number of aliphatic hydroxyl groups excluding tert-OH is 2. The number of carbonyl (C=O) groups excluding carboxylic acids is 2. The summed E-state index contributed by atoms with van der Waals surface area (Å²) in [5, 5.41) is 17.8. The first-order valence-corrected chi connectivity index (χ1v) is 13.3. The van der Waals surface area contributed by atoms with Gasteiger partial charge in [-0.05, 0) is 12.3 Å². The van der Waals surface area contributed by atoms with Gasteiger partial charge in [-0.15, -0.1) is 0 Å². The van der Waals surface area contributed by atoms with Crippen molar-refractivity contribution < 1.29 is 43.5 Å². The van der Waals surface area contributed by atoms with E-state index in [1.165, 1.54) is 70.6 Å². The monoisotopic (exact) mass is 512 g/mol. The average Bonchev–Trinajstić information content (AvgIpc) is 2.85. The topological polar surface area (TPSA) is 118 Å². The second-order valence-corrected chi connectivity index (χ2v) is 9.06. The van der Waals surface area contributed by atoms with Gasteiger partial charge in [0, 0.05) is 12.1 Å². The Kier molecular flexibility index (Phi) is 27.1. The molecule has 34 heavy (non-hydrogen) atoms. The standard InChI is InChI=1S/C20H40O3.C7H6NO.O.Ti/c1-18(2)15-13-11-9-7-5-3-4-6-8-10-12-14-16-19(22)20(23)17-21;8-7-3-1-6(5-9)2-4-7;;/h18,20-21,23H,3-17H2,1-2H3;1-4H,8H2;;/q;-1;;+1. The summed E-state index contributed by atoms with van der Waals surface area (Å²) in [5.41, 5.74) is 6.54. The summed E-state index contributed by atoms with van der Waals surface area (Å²) in [6, 6.07) is 6.59. The Hall–Kier alpha value is -1.21. The van der Waals surface area contributed by atoms with Gasteiger partial charge in [0.15, 0.2) is 5.78 Å². The molecule has 1 unspecified atom stereocenters. The van der Waals surface area contributed by atoms with Crippen molar-refractivity contribution >= 4 is 17.8 Å². The zero-order valence-corrected chi connectivity index (χ0v) is 22.8. The molecule has 0 aliphatic rings. The number of unbranched alkanes of at least 4 members (excludes halogenated alkanes) is 11. The van der Waals surface area contributed by atoms with Crippen molar-refractivity contribution in [2.75, 3.05) is 12.3 Å². The number of carbonyl (C=O) groups is 1. The van der Waals surface area contributed by atoms with Crippen LogP contribution in [0, 0.1) is 5.92 Å². The minimum atomic E-state index is -1.17. The van der Waals surface area contributed by atoms with Gasteiger partial charge in [0.2, 0.25) is 0 Å². The molecule has 0 aliphatic heterocycles. The zero-order valence-electron chi connectivity index (χ0n) is 21.3. The van der Waals surface area contributed by atoms with E-state index in [1.807, 2.05) is 0 Å². The molecule has 0 saturated heterocycles. The molecular formula is C27H46NO5Ti. The van der Waals surface area contributed by atoms with Crippen LogP contribution in [0.2, 0.25) is 0 Å².